The highest BCUT2D eigenvalue weighted by molar-refractivity contribution is 8.00. The zero-order chi connectivity index (χ0) is 33.9. The molecule has 2 heterocycles. The van der Waals surface area contributed by atoms with Crippen LogP contribution in [0.5, 0.6) is 5.75 Å². The Bertz CT molecular complexity index is 1440. The number of rotatable bonds is 7. The Balaban J connectivity index is 0.000000423. The molecule has 0 unspecified atom stereocenters. The SMILES string of the molecule is CC(=O)OCC1=C(C(=O)[O-])N2C(=O)[C@@H](/N=C/c3cc(C(C)(C)C)c(O)c(C(C)(C)C)c3)[C@H]2SC1.C[N+](C)(C)Cc1ccccc1. The van der Waals surface area contributed by atoms with Gasteiger partial charge in [0.15, 0.2) is 6.04 Å². The summed E-state index contributed by atoms with van der Waals surface area (Å²) in [7, 11) is 6.60. The Morgan fingerprint density at radius 3 is 2.09 bits per heavy atom. The van der Waals surface area contributed by atoms with Gasteiger partial charge in [-0.1, -0.05) is 71.9 Å². The molecule has 2 atom stereocenters. The number of aromatic hydroxyl groups is 1. The summed E-state index contributed by atoms with van der Waals surface area (Å²) in [6.45, 7) is 14.2. The van der Waals surface area contributed by atoms with Crippen molar-refractivity contribution in [3.8, 4) is 5.75 Å². The second kappa shape index (κ2) is 13.8. The number of ether oxygens (including phenoxy) is 1. The van der Waals surface area contributed by atoms with Crippen LogP contribution < -0.4 is 5.11 Å². The van der Waals surface area contributed by atoms with Gasteiger partial charge in [0.05, 0.1) is 32.8 Å². The number of carbonyl (C=O) groups is 3. The molecule has 0 saturated carbocycles. The number of β-lactam (4-membered cyclic amide) rings is 1. The van der Waals surface area contributed by atoms with Crippen molar-refractivity contribution in [2.75, 3.05) is 33.5 Å². The number of phenolic OH excluding ortho intramolecular Hbond substituents is 1. The van der Waals surface area contributed by atoms with E-state index in [2.05, 4.69) is 56.5 Å². The number of nitrogens with zero attached hydrogens (tertiary/aromatic N) is 3. The fraction of sp³-hybridized carbons (Fsp3) is 0.486. The van der Waals surface area contributed by atoms with Crippen LogP contribution in [0.25, 0.3) is 0 Å². The van der Waals surface area contributed by atoms with Crippen molar-refractivity contribution >= 4 is 35.8 Å². The summed E-state index contributed by atoms with van der Waals surface area (Å²) in [4.78, 5) is 41.4. The standard InChI is InChI=1S/C25H32N2O6S.C10H16N/c1-13(28)33-11-15-12-34-22-18(21(30)27(22)19(15)23(31)32)26-10-14-8-16(24(2,3)4)20(29)17(9-14)25(5,6)7;1-11(2,3)9-10-7-5-4-6-8-10/h8-10,18,22,29H,11-12H2,1-7H3,(H,31,32);4-8H,9H2,1-3H3/q;+1/p-1/b26-10+;/t18-,22-;/m1./s1. The molecular formula is C35H47N3O6S. The van der Waals surface area contributed by atoms with Gasteiger partial charge in [-0.15, -0.1) is 11.8 Å². The van der Waals surface area contributed by atoms with Crippen LogP contribution in [0.2, 0.25) is 0 Å². The van der Waals surface area contributed by atoms with Gasteiger partial charge in [0.25, 0.3) is 5.91 Å². The van der Waals surface area contributed by atoms with E-state index >= 15 is 0 Å². The maximum absolute atomic E-state index is 12.8. The van der Waals surface area contributed by atoms with Crippen LogP contribution in [0.15, 0.2) is 58.7 Å². The fourth-order valence-electron chi connectivity index (χ4n) is 5.13. The van der Waals surface area contributed by atoms with Crippen molar-refractivity contribution in [3.05, 3.63) is 76.0 Å². The van der Waals surface area contributed by atoms with Crippen LogP contribution >= 0.6 is 11.8 Å². The number of carboxylic acids is 1. The lowest BCUT2D eigenvalue weighted by atomic mass is 9.78. The number of hydrogen-bond acceptors (Lipinski definition) is 8. The van der Waals surface area contributed by atoms with Crippen LogP contribution in [-0.4, -0.2) is 83.5 Å². The number of esters is 1. The highest BCUT2D eigenvalue weighted by atomic mass is 32.2. The first kappa shape index (κ1) is 35.8. The lowest BCUT2D eigenvalue weighted by Gasteiger charge is -2.49. The van der Waals surface area contributed by atoms with Crippen LogP contribution in [0, 0.1) is 0 Å². The molecule has 2 aliphatic rings. The molecule has 0 bridgehead atoms. The maximum Gasteiger partial charge on any atom is 0.302 e. The van der Waals surface area contributed by atoms with Gasteiger partial charge in [0.2, 0.25) is 0 Å². The summed E-state index contributed by atoms with van der Waals surface area (Å²) in [5.41, 5.74) is 3.21. The topological polar surface area (TPSA) is 119 Å². The number of fused-ring (bicyclic) bond motifs is 1. The predicted octanol–water partition coefficient (Wildman–Crippen LogP) is 4.15. The number of aliphatic carboxylic acids is 1. The largest absolute Gasteiger partial charge is 0.543 e. The van der Waals surface area contributed by atoms with Crippen molar-refractivity contribution in [1.29, 1.82) is 0 Å². The van der Waals surface area contributed by atoms with Gasteiger partial charge in [-0.05, 0) is 28.5 Å². The monoisotopic (exact) mass is 637 g/mol. The van der Waals surface area contributed by atoms with E-state index in [1.54, 1.807) is 6.21 Å². The van der Waals surface area contributed by atoms with Crippen LogP contribution in [-0.2, 0) is 36.5 Å². The highest BCUT2D eigenvalue weighted by Crippen LogP contribution is 2.42. The molecule has 1 amide bonds. The zero-order valence-electron chi connectivity index (χ0n) is 28.1. The maximum atomic E-state index is 12.8. The number of thioether (sulfide) groups is 1. The molecule has 4 rings (SSSR count). The third-order valence-corrected chi connectivity index (χ3v) is 8.62. The zero-order valence-corrected chi connectivity index (χ0v) is 28.9. The number of quaternary nitrogens is 1. The van der Waals surface area contributed by atoms with E-state index in [-0.39, 0.29) is 28.9 Å². The molecule has 0 radical (unpaired) electrons. The molecule has 1 fully saturated rings. The molecule has 1 N–H and O–H groups in total. The van der Waals surface area contributed by atoms with Crippen molar-refractivity contribution in [1.82, 2.24) is 4.90 Å². The number of benzene rings is 2. The number of phenols is 1. The summed E-state index contributed by atoms with van der Waals surface area (Å²) >= 11 is 1.37. The number of aliphatic imine (C=N–C) groups is 1. The Hall–Kier alpha value is -3.63. The molecule has 10 heteroatoms. The minimum atomic E-state index is -1.48. The molecule has 2 aromatic rings. The van der Waals surface area contributed by atoms with E-state index in [4.69, 9.17) is 4.74 Å². The van der Waals surface area contributed by atoms with Gasteiger partial charge in [-0.25, -0.2) is 0 Å². The van der Waals surface area contributed by atoms with Crippen molar-refractivity contribution in [2.45, 2.75) is 77.3 Å². The van der Waals surface area contributed by atoms with Gasteiger partial charge in [-0.3, -0.25) is 19.5 Å². The highest BCUT2D eigenvalue weighted by Gasteiger charge is 2.52. The van der Waals surface area contributed by atoms with E-state index < -0.39 is 29.3 Å². The van der Waals surface area contributed by atoms with E-state index in [1.807, 2.05) is 53.7 Å². The lowest BCUT2D eigenvalue weighted by Crippen LogP contribution is -2.65. The number of carbonyl (C=O) groups excluding carboxylic acids is 3. The summed E-state index contributed by atoms with van der Waals surface area (Å²) < 4.78 is 5.92. The number of hydrogen-bond donors (Lipinski definition) is 1. The first-order valence-corrected chi connectivity index (χ1v) is 16.0. The van der Waals surface area contributed by atoms with Crippen LogP contribution in [0.3, 0.4) is 0 Å². The number of amides is 1. The fourth-order valence-corrected chi connectivity index (χ4v) is 6.45. The van der Waals surface area contributed by atoms with Crippen molar-refractivity contribution < 1.29 is 33.8 Å². The molecule has 9 nitrogen and oxygen atoms in total. The molecule has 2 aromatic carbocycles. The molecule has 0 aliphatic carbocycles. The second-order valence-electron chi connectivity index (χ2n) is 14.6. The Morgan fingerprint density at radius 1 is 1.07 bits per heavy atom. The third-order valence-electron chi connectivity index (χ3n) is 7.29. The lowest BCUT2D eigenvalue weighted by molar-refractivity contribution is -0.884. The second-order valence-corrected chi connectivity index (χ2v) is 15.7. The van der Waals surface area contributed by atoms with Gasteiger partial charge in [-0.2, -0.15) is 0 Å². The first-order chi connectivity index (χ1) is 20.7. The van der Waals surface area contributed by atoms with Gasteiger partial charge >= 0.3 is 5.97 Å². The minimum absolute atomic E-state index is 0.200. The van der Waals surface area contributed by atoms with E-state index in [0.29, 0.717) is 11.3 Å². The molecule has 0 spiro atoms. The molecule has 0 aromatic heterocycles. The van der Waals surface area contributed by atoms with Gasteiger partial charge in [0, 0.05) is 41.2 Å². The van der Waals surface area contributed by atoms with Crippen LogP contribution in [0.1, 0.15) is 70.7 Å². The normalized spacial score (nSPS) is 18.6. The Labute approximate surface area is 271 Å². The summed E-state index contributed by atoms with van der Waals surface area (Å²) in [5.74, 6) is -1.91. The van der Waals surface area contributed by atoms with Crippen molar-refractivity contribution in [3.63, 3.8) is 0 Å². The quantitative estimate of drug-likeness (QED) is 0.210. The predicted molar refractivity (Wildman–Crippen MR) is 177 cm³/mol. The van der Waals surface area contributed by atoms with E-state index in [1.165, 1.54) is 29.1 Å². The summed E-state index contributed by atoms with van der Waals surface area (Å²) in [5, 5.41) is 22.2. The molecule has 1 saturated heterocycles. The molecular weight excluding hydrogens is 590 g/mol. The third kappa shape index (κ3) is 9.20. The van der Waals surface area contributed by atoms with Crippen LogP contribution in [0.4, 0.5) is 0 Å². The Kier molecular flexibility index (Phi) is 11.0. The van der Waals surface area contributed by atoms with Gasteiger partial charge < -0.3 is 24.2 Å². The molecule has 244 valence electrons. The summed E-state index contributed by atoms with van der Waals surface area (Å²) in [6.07, 6.45) is 1.61. The molecule has 2 aliphatic heterocycles. The first-order valence-electron chi connectivity index (χ1n) is 15.0. The van der Waals surface area contributed by atoms with Gasteiger partial charge in [0.1, 0.15) is 24.3 Å². The minimum Gasteiger partial charge on any atom is -0.543 e. The van der Waals surface area contributed by atoms with Crippen molar-refractivity contribution in [2.24, 2.45) is 4.99 Å². The summed E-state index contributed by atoms with van der Waals surface area (Å²) in [6, 6.07) is 13.6. The smallest absolute Gasteiger partial charge is 0.302 e. The Morgan fingerprint density at radius 2 is 1.62 bits per heavy atom. The average molecular weight is 638 g/mol. The van der Waals surface area contributed by atoms with E-state index in [9.17, 15) is 24.6 Å². The number of carboxylic acid groups (broad SMARTS) is 1. The molecule has 45 heavy (non-hydrogen) atoms. The average Bonchev–Trinajstić information content (AvgIpc) is 2.90. The van der Waals surface area contributed by atoms with E-state index in [0.717, 1.165) is 27.7 Å².